The van der Waals surface area contributed by atoms with Gasteiger partial charge in [0.25, 0.3) is 46.4 Å². The zero-order chi connectivity index (χ0) is 46.3. The van der Waals surface area contributed by atoms with Crippen LogP contribution in [0.4, 0.5) is 11.4 Å². The summed E-state index contributed by atoms with van der Waals surface area (Å²) in [6.07, 6.45) is 18.2. The van der Waals surface area contributed by atoms with Gasteiger partial charge in [-0.25, -0.2) is 0 Å². The third-order valence-electron chi connectivity index (χ3n) is 10.7. The molecule has 5 N–H and O–H groups in total. The van der Waals surface area contributed by atoms with Crippen LogP contribution in [0.25, 0.3) is 0 Å². The normalized spacial score (nSPS) is 17.0. The number of benzene rings is 2. The molecule has 2 aliphatic rings. The number of nitrogens with one attached hydrogen (secondary N) is 1. The van der Waals surface area contributed by atoms with Crippen LogP contribution in [0.1, 0.15) is 83.8 Å². The molecule has 16 nitrogen and oxygen atoms in total. The van der Waals surface area contributed by atoms with Crippen LogP contribution in [0.3, 0.4) is 0 Å². The Balaban J connectivity index is 0.0000106. The second-order valence-corrected chi connectivity index (χ2v) is 22.0. The maximum atomic E-state index is 13.7. The number of allylic oxidation sites excluding steroid dienone is 6. The van der Waals surface area contributed by atoms with Gasteiger partial charge in [0.2, 0.25) is 5.69 Å². The minimum absolute atomic E-state index is 0. The SMILES string of the molecule is C#CCCCCNC(=O)C(=C\C=C\C1=[N+](CCCCS(=O)(=O)O)c2ccc(S(=O)(=O)O)cc2C1(C)C)/C=C/C=C1/N(CCCCS(=O)(=O)O)c2ccc(S(=O)(=O)O)cc2C1(C)C.[NaH]. The molecule has 2 heterocycles. The van der Waals surface area contributed by atoms with E-state index in [-0.39, 0.29) is 70.9 Å². The zero-order valence-electron chi connectivity index (χ0n) is 35.0. The molecule has 0 atom stereocenters. The number of rotatable bonds is 21. The summed E-state index contributed by atoms with van der Waals surface area (Å²) in [6, 6.07) is 8.41. The van der Waals surface area contributed by atoms with E-state index in [1.54, 1.807) is 48.6 Å². The quantitative estimate of drug-likeness (QED) is 0.0213. The third-order valence-corrected chi connectivity index (χ3v) is 14.1. The van der Waals surface area contributed by atoms with Gasteiger partial charge in [-0.15, -0.1) is 12.3 Å². The van der Waals surface area contributed by atoms with Gasteiger partial charge in [-0.2, -0.15) is 38.2 Å². The van der Waals surface area contributed by atoms with Crippen molar-refractivity contribution >= 4 is 93.0 Å². The monoisotopic (exact) mass is 960 g/mol. The second kappa shape index (κ2) is 21.7. The molecule has 2 aromatic rings. The fourth-order valence-electron chi connectivity index (χ4n) is 7.57. The number of carbonyl (C=O) groups is 1. The van der Waals surface area contributed by atoms with Crippen LogP contribution in [-0.4, -0.2) is 129 Å². The summed E-state index contributed by atoms with van der Waals surface area (Å²) in [7, 11) is -17.5. The molecule has 0 fully saturated rings. The first-order valence-corrected chi connectivity index (χ1v) is 25.8. The van der Waals surface area contributed by atoms with Crippen molar-refractivity contribution in [1.29, 1.82) is 0 Å². The standard InChI is InChI=1S/C42H53N3O13S4.Na.H/c1-6-7-8-9-24-43-40(46)31(16-14-18-38-41(2,3)34-29-32(61(53,54)55)20-22-36(34)44(38)25-10-12-27-59(47,48)49)17-15-19-39-42(4,5)35-30-33(62(56,57)58)21-23-37(35)45(39)26-11-13-28-60(50,51)52;;/h1,14-23,29-30H,7-13,24-28H2,2-5H3,(H4-,43,46,47,48,49,50,51,52,53,54,55,56,57,58);;/p+1. The topological polar surface area (TPSA) is 253 Å². The molecule has 0 unspecified atom stereocenters. The average molecular weight is 961 g/mol. The van der Waals surface area contributed by atoms with Gasteiger partial charge in [0.1, 0.15) is 6.54 Å². The summed E-state index contributed by atoms with van der Waals surface area (Å²) < 4.78 is 134. The molecular weight excluding hydrogens is 906 g/mol. The number of nitrogens with zero attached hydrogens (tertiary/aromatic N) is 2. The van der Waals surface area contributed by atoms with E-state index in [4.69, 9.17) is 6.42 Å². The van der Waals surface area contributed by atoms with E-state index in [1.807, 2.05) is 37.2 Å². The molecule has 0 saturated heterocycles. The number of unbranched alkanes of at least 4 members (excludes halogenated alkanes) is 4. The Kier molecular flexibility index (Phi) is 18.5. The first kappa shape index (κ1) is 53.9. The third kappa shape index (κ3) is 14.5. The van der Waals surface area contributed by atoms with Crippen molar-refractivity contribution in [2.75, 3.05) is 36.0 Å². The Labute approximate surface area is 393 Å². The van der Waals surface area contributed by atoms with E-state index in [2.05, 4.69) is 11.2 Å². The first-order valence-electron chi connectivity index (χ1n) is 19.7. The fourth-order valence-corrected chi connectivity index (χ4v) is 9.72. The van der Waals surface area contributed by atoms with E-state index in [9.17, 15) is 56.7 Å². The van der Waals surface area contributed by atoms with E-state index >= 15 is 0 Å². The summed E-state index contributed by atoms with van der Waals surface area (Å²) in [6.45, 7) is 8.32. The van der Waals surface area contributed by atoms with Gasteiger partial charge in [0.15, 0.2) is 5.71 Å². The first-order chi connectivity index (χ1) is 28.7. The van der Waals surface area contributed by atoms with Crippen molar-refractivity contribution in [3.8, 4) is 12.3 Å². The van der Waals surface area contributed by atoms with Crippen molar-refractivity contribution in [3.05, 3.63) is 95.3 Å². The van der Waals surface area contributed by atoms with Crippen molar-refractivity contribution in [2.45, 2.75) is 93.3 Å². The van der Waals surface area contributed by atoms with Gasteiger partial charge in [-0.05, 0) is 100 Å². The Bertz CT molecular complexity index is 2710. The molecule has 340 valence electrons. The summed E-state index contributed by atoms with van der Waals surface area (Å²) >= 11 is 0. The van der Waals surface area contributed by atoms with E-state index in [1.165, 1.54) is 24.3 Å². The Morgan fingerprint density at radius 3 is 1.95 bits per heavy atom. The van der Waals surface area contributed by atoms with Crippen LogP contribution < -0.4 is 10.2 Å². The zero-order valence-corrected chi connectivity index (χ0v) is 38.2. The summed E-state index contributed by atoms with van der Waals surface area (Å²) in [5, 5.41) is 2.90. The van der Waals surface area contributed by atoms with Crippen molar-refractivity contribution < 1.29 is 61.3 Å². The summed E-state index contributed by atoms with van der Waals surface area (Å²) in [5.41, 5.74) is 2.28. The predicted molar refractivity (Wildman–Crippen MR) is 244 cm³/mol. The van der Waals surface area contributed by atoms with Crippen LogP contribution in [-0.2, 0) is 56.1 Å². The maximum absolute atomic E-state index is 13.7. The molecule has 0 aromatic heterocycles. The Morgan fingerprint density at radius 2 is 1.37 bits per heavy atom. The molecule has 0 spiro atoms. The molecule has 4 rings (SSSR count). The van der Waals surface area contributed by atoms with Crippen molar-refractivity contribution in [1.82, 2.24) is 5.32 Å². The average Bonchev–Trinajstić information content (AvgIpc) is 3.50. The molecule has 0 bridgehead atoms. The van der Waals surface area contributed by atoms with Gasteiger partial charge < -0.3 is 10.2 Å². The molecule has 0 saturated carbocycles. The summed E-state index contributed by atoms with van der Waals surface area (Å²) in [5.74, 6) is 1.25. The molecule has 1 amide bonds. The van der Waals surface area contributed by atoms with Gasteiger partial charge in [0, 0.05) is 66.0 Å². The van der Waals surface area contributed by atoms with Crippen LogP contribution in [0.5, 0.6) is 0 Å². The fraction of sp³-hybridized carbons (Fsp3) is 0.429. The molecule has 63 heavy (non-hydrogen) atoms. The second-order valence-electron chi connectivity index (χ2n) is 16.0. The van der Waals surface area contributed by atoms with E-state index in [0.717, 1.165) is 0 Å². The number of terminal acetylenes is 1. The van der Waals surface area contributed by atoms with Gasteiger partial charge in [0.05, 0.1) is 26.7 Å². The summed E-state index contributed by atoms with van der Waals surface area (Å²) in [4.78, 5) is 15.0. The Morgan fingerprint density at radius 1 is 0.778 bits per heavy atom. The molecule has 2 aliphatic heterocycles. The van der Waals surface area contributed by atoms with E-state index in [0.29, 0.717) is 72.6 Å². The number of amides is 1. The van der Waals surface area contributed by atoms with Crippen LogP contribution in [0, 0.1) is 12.3 Å². The number of fused-ring (bicyclic) bond motifs is 2. The van der Waals surface area contributed by atoms with Gasteiger partial charge in [-0.1, -0.05) is 26.0 Å². The number of hydrogen-bond acceptors (Lipinski definition) is 10. The molecule has 0 aliphatic carbocycles. The molecule has 2 aromatic carbocycles. The van der Waals surface area contributed by atoms with Crippen LogP contribution in [0.15, 0.2) is 93.9 Å². The van der Waals surface area contributed by atoms with Gasteiger partial charge >= 0.3 is 29.6 Å². The van der Waals surface area contributed by atoms with E-state index < -0.39 is 68.7 Å². The number of anilines is 1. The van der Waals surface area contributed by atoms with Crippen molar-refractivity contribution in [2.24, 2.45) is 0 Å². The molecule has 0 radical (unpaired) electrons. The Hall–Kier alpha value is -3.46. The number of hydrogen-bond donors (Lipinski definition) is 5. The minimum atomic E-state index is -4.54. The van der Waals surface area contributed by atoms with Crippen molar-refractivity contribution in [3.63, 3.8) is 0 Å². The number of carbonyl (C=O) groups excluding carboxylic acids is 1. The van der Waals surface area contributed by atoms with Crippen LogP contribution >= 0.6 is 0 Å². The van der Waals surface area contributed by atoms with Gasteiger partial charge in [-0.3, -0.25) is 23.0 Å². The molecule has 21 heteroatoms. The molecular formula is C42H55N3NaO13S4+. The predicted octanol–water partition coefficient (Wildman–Crippen LogP) is 4.88. The van der Waals surface area contributed by atoms with Crippen LogP contribution in [0.2, 0.25) is 0 Å².